The molecule has 0 aliphatic rings. The summed E-state index contributed by atoms with van der Waals surface area (Å²) in [4.78, 5) is 4.36. The van der Waals surface area contributed by atoms with Gasteiger partial charge in [-0.3, -0.25) is 0 Å². The summed E-state index contributed by atoms with van der Waals surface area (Å²) in [5, 5.41) is 1.10. The number of nitrogen functional groups attached to an aromatic ring is 1. The molecule has 0 spiro atoms. The Morgan fingerprint density at radius 2 is 1.94 bits per heavy atom. The second kappa shape index (κ2) is 4.19. The lowest BCUT2D eigenvalue weighted by atomic mass is 10.2. The quantitative estimate of drug-likeness (QED) is 0.672. The van der Waals surface area contributed by atoms with Crippen molar-refractivity contribution in [3.63, 3.8) is 0 Å². The first-order valence-corrected chi connectivity index (χ1v) is 6.01. The zero-order chi connectivity index (χ0) is 12.7. The molecular weight excluding hydrogens is 271 g/mol. The number of para-hydroxylation sites is 1. The van der Waals surface area contributed by atoms with Crippen molar-refractivity contribution in [3.05, 3.63) is 46.4 Å². The third-order valence-electron chi connectivity index (χ3n) is 2.61. The summed E-state index contributed by atoms with van der Waals surface area (Å²) in [6.07, 6.45) is 0. The van der Waals surface area contributed by atoms with Crippen molar-refractivity contribution in [2.75, 3.05) is 5.73 Å². The number of hydrogen-bond acceptors (Lipinski definition) is 3. The number of aromatic nitrogens is 1. The monoisotopic (exact) mass is 278 g/mol. The minimum Gasteiger partial charge on any atom is -0.434 e. The van der Waals surface area contributed by atoms with Crippen molar-refractivity contribution in [1.82, 2.24) is 4.98 Å². The fraction of sp³-hybridized carbons (Fsp3) is 0. The van der Waals surface area contributed by atoms with E-state index in [-0.39, 0.29) is 0 Å². The zero-order valence-corrected chi connectivity index (χ0v) is 10.7. The molecule has 5 heteroatoms. The van der Waals surface area contributed by atoms with E-state index in [1.54, 1.807) is 24.3 Å². The third-order valence-corrected chi connectivity index (χ3v) is 3.15. The Balaban J connectivity index is 2.26. The number of halogens is 2. The molecule has 0 radical (unpaired) electrons. The Hall–Kier alpha value is -1.71. The van der Waals surface area contributed by atoms with Gasteiger partial charge in [0, 0.05) is 10.7 Å². The Labute approximate surface area is 113 Å². The minimum atomic E-state index is 0.415. The van der Waals surface area contributed by atoms with Crippen molar-refractivity contribution in [3.8, 4) is 11.5 Å². The third kappa shape index (κ3) is 1.82. The van der Waals surface area contributed by atoms with E-state index in [9.17, 15) is 0 Å². The predicted octanol–water partition coefficient (Wildman–Crippen LogP) is 4.38. The molecule has 0 unspecified atom stereocenters. The van der Waals surface area contributed by atoms with Gasteiger partial charge in [-0.15, -0.1) is 0 Å². The molecule has 0 saturated heterocycles. The lowest BCUT2D eigenvalue weighted by Gasteiger charge is -2.01. The number of fused-ring (bicyclic) bond motifs is 1. The molecule has 3 aromatic rings. The maximum atomic E-state index is 6.04. The molecule has 0 aliphatic heterocycles. The molecule has 18 heavy (non-hydrogen) atoms. The second-order valence-electron chi connectivity index (χ2n) is 3.84. The van der Waals surface area contributed by atoms with Crippen molar-refractivity contribution in [2.24, 2.45) is 0 Å². The summed E-state index contributed by atoms with van der Waals surface area (Å²) >= 11 is 12.0. The van der Waals surface area contributed by atoms with Crippen molar-refractivity contribution in [1.29, 1.82) is 0 Å². The maximum absolute atomic E-state index is 6.04. The van der Waals surface area contributed by atoms with Crippen LogP contribution in [-0.4, -0.2) is 4.98 Å². The smallest absolute Gasteiger partial charge is 0.229 e. The van der Waals surface area contributed by atoms with Crippen LogP contribution in [0.2, 0.25) is 10.0 Å². The first-order chi connectivity index (χ1) is 8.65. The van der Waals surface area contributed by atoms with Crippen LogP contribution in [0.1, 0.15) is 0 Å². The molecule has 0 fully saturated rings. The fourth-order valence-corrected chi connectivity index (χ4v) is 2.12. The van der Waals surface area contributed by atoms with Gasteiger partial charge < -0.3 is 10.2 Å². The van der Waals surface area contributed by atoms with E-state index in [1.165, 1.54) is 0 Å². The molecule has 0 aliphatic carbocycles. The molecule has 1 aromatic heterocycles. The van der Waals surface area contributed by atoms with Crippen LogP contribution in [0, 0.1) is 0 Å². The SMILES string of the molecule is Nc1ccc(Cl)cc1-c1nc2cccc(Cl)c2o1. The van der Waals surface area contributed by atoms with Gasteiger partial charge in [0.1, 0.15) is 5.52 Å². The summed E-state index contributed by atoms with van der Waals surface area (Å²) in [7, 11) is 0. The molecular formula is C13H8Cl2N2O. The van der Waals surface area contributed by atoms with Crippen LogP contribution in [0.25, 0.3) is 22.6 Å². The van der Waals surface area contributed by atoms with Crippen LogP contribution in [-0.2, 0) is 0 Å². The van der Waals surface area contributed by atoms with Gasteiger partial charge in [0.15, 0.2) is 5.58 Å². The zero-order valence-electron chi connectivity index (χ0n) is 9.15. The molecule has 3 rings (SSSR count). The lowest BCUT2D eigenvalue weighted by Crippen LogP contribution is -1.89. The highest BCUT2D eigenvalue weighted by Gasteiger charge is 2.13. The van der Waals surface area contributed by atoms with E-state index < -0.39 is 0 Å². The Bertz CT molecular complexity index is 737. The molecule has 0 saturated carbocycles. The maximum Gasteiger partial charge on any atom is 0.229 e. The Kier molecular flexibility index (Phi) is 2.65. The number of hydrogen-bond donors (Lipinski definition) is 1. The summed E-state index contributed by atoms with van der Waals surface area (Å²) in [6, 6.07) is 10.5. The first kappa shape index (κ1) is 11.4. The molecule has 0 atom stereocenters. The van der Waals surface area contributed by atoms with Gasteiger partial charge >= 0.3 is 0 Å². The Morgan fingerprint density at radius 3 is 2.72 bits per heavy atom. The minimum absolute atomic E-state index is 0.415. The highest BCUT2D eigenvalue weighted by Crippen LogP contribution is 2.32. The van der Waals surface area contributed by atoms with Gasteiger partial charge in [0.25, 0.3) is 0 Å². The van der Waals surface area contributed by atoms with Crippen LogP contribution >= 0.6 is 23.2 Å². The normalized spacial score (nSPS) is 11.0. The van der Waals surface area contributed by atoms with Crippen LogP contribution in [0.4, 0.5) is 5.69 Å². The number of rotatable bonds is 1. The van der Waals surface area contributed by atoms with Crippen molar-refractivity contribution < 1.29 is 4.42 Å². The van der Waals surface area contributed by atoms with Gasteiger partial charge in [0.05, 0.1) is 10.6 Å². The summed E-state index contributed by atoms with van der Waals surface area (Å²) in [5.41, 5.74) is 8.35. The van der Waals surface area contributed by atoms with Crippen LogP contribution in [0.15, 0.2) is 40.8 Å². The van der Waals surface area contributed by atoms with Crippen LogP contribution in [0.3, 0.4) is 0 Å². The number of benzene rings is 2. The van der Waals surface area contributed by atoms with Gasteiger partial charge in [-0.05, 0) is 30.3 Å². The molecule has 0 bridgehead atoms. The van der Waals surface area contributed by atoms with Gasteiger partial charge in [-0.25, -0.2) is 4.98 Å². The summed E-state index contributed by atoms with van der Waals surface area (Å²) in [5.74, 6) is 0.415. The number of oxazole rings is 1. The molecule has 90 valence electrons. The number of anilines is 1. The van der Waals surface area contributed by atoms with Gasteiger partial charge in [-0.2, -0.15) is 0 Å². The first-order valence-electron chi connectivity index (χ1n) is 5.25. The second-order valence-corrected chi connectivity index (χ2v) is 4.68. The van der Waals surface area contributed by atoms with Crippen molar-refractivity contribution in [2.45, 2.75) is 0 Å². The van der Waals surface area contributed by atoms with Gasteiger partial charge in [-0.1, -0.05) is 29.3 Å². The average molecular weight is 279 g/mol. The fourth-order valence-electron chi connectivity index (χ4n) is 1.74. The number of nitrogens with zero attached hydrogens (tertiary/aromatic N) is 1. The summed E-state index contributed by atoms with van der Waals surface area (Å²) in [6.45, 7) is 0. The van der Waals surface area contributed by atoms with Crippen LogP contribution in [0.5, 0.6) is 0 Å². The highest BCUT2D eigenvalue weighted by atomic mass is 35.5. The van der Waals surface area contributed by atoms with E-state index in [4.69, 9.17) is 33.4 Å². The molecule has 1 heterocycles. The topological polar surface area (TPSA) is 52.0 Å². The van der Waals surface area contributed by atoms with E-state index in [0.717, 1.165) is 0 Å². The summed E-state index contributed by atoms with van der Waals surface area (Å²) < 4.78 is 5.64. The van der Waals surface area contributed by atoms with Crippen molar-refractivity contribution >= 4 is 40.0 Å². The van der Waals surface area contributed by atoms with E-state index >= 15 is 0 Å². The highest BCUT2D eigenvalue weighted by molar-refractivity contribution is 6.34. The molecule has 3 nitrogen and oxygen atoms in total. The number of nitrogens with two attached hydrogens (primary N) is 1. The average Bonchev–Trinajstić information content (AvgIpc) is 2.77. The van der Waals surface area contributed by atoms with E-state index in [0.29, 0.717) is 38.3 Å². The Morgan fingerprint density at radius 1 is 1.11 bits per heavy atom. The molecule has 2 aromatic carbocycles. The van der Waals surface area contributed by atoms with E-state index in [2.05, 4.69) is 4.98 Å². The predicted molar refractivity (Wildman–Crippen MR) is 73.9 cm³/mol. The van der Waals surface area contributed by atoms with Gasteiger partial charge in [0.2, 0.25) is 5.89 Å². The molecule has 0 amide bonds. The largest absolute Gasteiger partial charge is 0.434 e. The van der Waals surface area contributed by atoms with Crippen LogP contribution < -0.4 is 5.73 Å². The molecule has 2 N–H and O–H groups in total. The standard InChI is InChI=1S/C13H8Cl2N2O/c14-7-4-5-10(16)8(6-7)13-17-11-3-1-2-9(15)12(11)18-13/h1-6H,16H2. The van der Waals surface area contributed by atoms with E-state index in [1.807, 2.05) is 12.1 Å². The lowest BCUT2D eigenvalue weighted by molar-refractivity contribution is 0.620.